The molecule has 158 valence electrons. The lowest BCUT2D eigenvalue weighted by Crippen LogP contribution is -2.33. The van der Waals surface area contributed by atoms with Crippen molar-refractivity contribution >= 4 is 18.0 Å². The van der Waals surface area contributed by atoms with Gasteiger partial charge in [-0.15, -0.1) is 0 Å². The van der Waals surface area contributed by atoms with E-state index >= 15 is 0 Å². The highest BCUT2D eigenvalue weighted by Gasteiger charge is 2.17. The number of esters is 1. The van der Waals surface area contributed by atoms with Gasteiger partial charge in [-0.25, -0.2) is 4.79 Å². The van der Waals surface area contributed by atoms with E-state index in [1.54, 1.807) is 7.11 Å². The Kier molecular flexibility index (Phi) is 8.94. The van der Waals surface area contributed by atoms with Crippen LogP contribution in [0.15, 0.2) is 11.6 Å². The molecule has 1 N–H and O–H groups in total. The molecule has 0 saturated heterocycles. The topological polar surface area (TPSA) is 93.3 Å². The standard InChI is InChI=1S/C22H31N3O4/c1-16-11-19(17(2)25(16)9-10-28-3)12-20(13-23)22(27)29-15-21(26)24-14-18-7-5-4-6-8-18/h11-12,18H,4-10,14-15H2,1-3H3,(H,24,26)/b20-12-. The SMILES string of the molecule is COCCn1c(C)cc(/C=C(/C#N)C(=O)OCC(=O)NCC2CCCCC2)c1C. The molecule has 1 aliphatic carbocycles. The average molecular weight is 402 g/mol. The van der Waals surface area contributed by atoms with E-state index < -0.39 is 5.97 Å². The smallest absolute Gasteiger partial charge is 0.349 e. The molecule has 1 aromatic rings. The predicted molar refractivity (Wildman–Crippen MR) is 110 cm³/mol. The van der Waals surface area contributed by atoms with Crippen LogP contribution in [0.1, 0.15) is 49.1 Å². The largest absolute Gasteiger partial charge is 0.451 e. The van der Waals surface area contributed by atoms with Gasteiger partial charge in [-0.1, -0.05) is 19.3 Å². The first-order chi connectivity index (χ1) is 14.0. The average Bonchev–Trinajstić information content (AvgIpc) is 3.00. The fourth-order valence-corrected chi connectivity index (χ4v) is 3.70. The van der Waals surface area contributed by atoms with Gasteiger partial charge in [0.2, 0.25) is 0 Å². The Morgan fingerprint density at radius 1 is 1.31 bits per heavy atom. The number of methoxy groups -OCH3 is 1. The normalized spacial score (nSPS) is 15.0. The third-order valence-corrected chi connectivity index (χ3v) is 5.42. The molecule has 0 unspecified atom stereocenters. The summed E-state index contributed by atoms with van der Waals surface area (Å²) in [5.41, 5.74) is 2.59. The van der Waals surface area contributed by atoms with Crippen molar-refractivity contribution in [2.75, 3.05) is 26.9 Å². The summed E-state index contributed by atoms with van der Waals surface area (Å²) < 4.78 is 12.2. The summed E-state index contributed by atoms with van der Waals surface area (Å²) in [5.74, 6) is -0.618. The van der Waals surface area contributed by atoms with E-state index in [4.69, 9.17) is 9.47 Å². The van der Waals surface area contributed by atoms with Gasteiger partial charge in [0.1, 0.15) is 11.6 Å². The maximum absolute atomic E-state index is 12.2. The number of aryl methyl sites for hydroxylation is 1. The molecule has 7 heteroatoms. The molecule has 1 amide bonds. The summed E-state index contributed by atoms with van der Waals surface area (Å²) in [6.07, 6.45) is 7.44. The molecule has 0 spiro atoms. The van der Waals surface area contributed by atoms with Crippen LogP contribution in [-0.4, -0.2) is 43.3 Å². The molecule has 1 saturated carbocycles. The van der Waals surface area contributed by atoms with Crippen molar-refractivity contribution in [3.05, 3.63) is 28.6 Å². The van der Waals surface area contributed by atoms with E-state index in [-0.39, 0.29) is 18.1 Å². The Morgan fingerprint density at radius 3 is 2.69 bits per heavy atom. The van der Waals surface area contributed by atoms with Crippen molar-refractivity contribution in [2.45, 2.75) is 52.5 Å². The van der Waals surface area contributed by atoms with E-state index in [2.05, 4.69) is 9.88 Å². The monoisotopic (exact) mass is 401 g/mol. The van der Waals surface area contributed by atoms with Crippen LogP contribution in [0.5, 0.6) is 0 Å². The van der Waals surface area contributed by atoms with Gasteiger partial charge >= 0.3 is 5.97 Å². The number of carbonyl (C=O) groups is 2. The molecule has 1 heterocycles. The first-order valence-electron chi connectivity index (χ1n) is 10.2. The number of aromatic nitrogens is 1. The summed E-state index contributed by atoms with van der Waals surface area (Å²) in [5, 5.41) is 12.2. The van der Waals surface area contributed by atoms with Crippen LogP contribution >= 0.6 is 0 Å². The third-order valence-electron chi connectivity index (χ3n) is 5.42. The summed E-state index contributed by atoms with van der Waals surface area (Å²) >= 11 is 0. The summed E-state index contributed by atoms with van der Waals surface area (Å²) in [6.45, 7) is 5.38. The second-order valence-corrected chi connectivity index (χ2v) is 7.52. The zero-order valence-corrected chi connectivity index (χ0v) is 17.6. The molecule has 0 radical (unpaired) electrons. The Bertz CT molecular complexity index is 783. The van der Waals surface area contributed by atoms with Gasteiger partial charge in [0.15, 0.2) is 6.61 Å². The Hall–Kier alpha value is -2.59. The highest BCUT2D eigenvalue weighted by Crippen LogP contribution is 2.22. The Labute approximate surface area is 172 Å². The minimum absolute atomic E-state index is 0.128. The second-order valence-electron chi connectivity index (χ2n) is 7.52. The van der Waals surface area contributed by atoms with Gasteiger partial charge in [-0.3, -0.25) is 4.79 Å². The number of ether oxygens (including phenoxy) is 2. The Balaban J connectivity index is 1.91. The maximum atomic E-state index is 12.2. The van der Waals surface area contributed by atoms with Gasteiger partial charge in [0, 0.05) is 31.6 Å². The first kappa shape index (κ1) is 22.7. The molecule has 1 aromatic heterocycles. The van der Waals surface area contributed by atoms with E-state index in [1.165, 1.54) is 25.3 Å². The lowest BCUT2D eigenvalue weighted by molar-refractivity contribution is -0.144. The molecule has 1 aliphatic rings. The molecule has 1 fully saturated rings. The summed E-state index contributed by atoms with van der Waals surface area (Å²) in [7, 11) is 1.64. The zero-order valence-electron chi connectivity index (χ0n) is 17.6. The fraction of sp³-hybridized carbons (Fsp3) is 0.591. The van der Waals surface area contributed by atoms with Crippen LogP contribution in [0.4, 0.5) is 0 Å². The number of hydrogen-bond acceptors (Lipinski definition) is 5. The third kappa shape index (κ3) is 6.75. The number of amides is 1. The van der Waals surface area contributed by atoms with Gasteiger partial charge < -0.3 is 19.4 Å². The molecule has 0 atom stereocenters. The second kappa shape index (κ2) is 11.4. The number of carbonyl (C=O) groups excluding carboxylic acids is 2. The summed E-state index contributed by atoms with van der Waals surface area (Å²) in [6, 6.07) is 3.79. The van der Waals surface area contributed by atoms with Gasteiger partial charge in [-0.2, -0.15) is 5.26 Å². The van der Waals surface area contributed by atoms with Crippen LogP contribution in [0, 0.1) is 31.1 Å². The summed E-state index contributed by atoms with van der Waals surface area (Å²) in [4.78, 5) is 24.2. The maximum Gasteiger partial charge on any atom is 0.349 e. The minimum atomic E-state index is -0.790. The zero-order chi connectivity index (χ0) is 21.2. The molecule has 0 bridgehead atoms. The minimum Gasteiger partial charge on any atom is -0.451 e. The number of hydrogen-bond donors (Lipinski definition) is 1. The molecular weight excluding hydrogens is 370 g/mol. The lowest BCUT2D eigenvalue weighted by Gasteiger charge is -2.21. The highest BCUT2D eigenvalue weighted by molar-refractivity contribution is 5.99. The molecule has 0 aromatic carbocycles. The molecular formula is C22H31N3O4. The van der Waals surface area contributed by atoms with E-state index in [0.29, 0.717) is 25.6 Å². The van der Waals surface area contributed by atoms with Crippen molar-refractivity contribution in [3.8, 4) is 6.07 Å². The number of rotatable bonds is 9. The van der Waals surface area contributed by atoms with E-state index in [0.717, 1.165) is 29.8 Å². The molecule has 7 nitrogen and oxygen atoms in total. The van der Waals surface area contributed by atoms with Crippen molar-refractivity contribution in [1.82, 2.24) is 9.88 Å². The fourth-order valence-electron chi connectivity index (χ4n) is 3.70. The lowest BCUT2D eigenvalue weighted by atomic mass is 9.89. The van der Waals surface area contributed by atoms with Crippen molar-refractivity contribution in [1.29, 1.82) is 5.26 Å². The van der Waals surface area contributed by atoms with E-state index in [1.807, 2.05) is 26.0 Å². The molecule has 2 rings (SSSR count). The van der Waals surface area contributed by atoms with Gasteiger partial charge in [0.25, 0.3) is 5.91 Å². The van der Waals surface area contributed by atoms with E-state index in [9.17, 15) is 14.9 Å². The van der Waals surface area contributed by atoms with Crippen LogP contribution < -0.4 is 5.32 Å². The van der Waals surface area contributed by atoms with Crippen LogP contribution in [0.2, 0.25) is 0 Å². The first-order valence-corrected chi connectivity index (χ1v) is 10.2. The quantitative estimate of drug-likeness (QED) is 0.390. The predicted octanol–water partition coefficient (Wildman–Crippen LogP) is 2.90. The number of nitriles is 1. The molecule has 29 heavy (non-hydrogen) atoms. The van der Waals surface area contributed by atoms with Crippen LogP contribution in [-0.2, 0) is 25.6 Å². The Morgan fingerprint density at radius 2 is 2.03 bits per heavy atom. The van der Waals surface area contributed by atoms with Crippen molar-refractivity contribution in [2.24, 2.45) is 5.92 Å². The van der Waals surface area contributed by atoms with Gasteiger partial charge in [-0.05, 0) is 50.3 Å². The van der Waals surface area contributed by atoms with Crippen LogP contribution in [0.25, 0.3) is 6.08 Å². The van der Waals surface area contributed by atoms with Gasteiger partial charge in [0.05, 0.1) is 6.61 Å². The van der Waals surface area contributed by atoms with Crippen LogP contribution in [0.3, 0.4) is 0 Å². The van der Waals surface area contributed by atoms with Crippen molar-refractivity contribution < 1.29 is 19.1 Å². The number of nitrogens with zero attached hydrogens (tertiary/aromatic N) is 2. The van der Waals surface area contributed by atoms with Crippen molar-refractivity contribution in [3.63, 3.8) is 0 Å². The number of nitrogens with one attached hydrogen (secondary N) is 1. The highest BCUT2D eigenvalue weighted by atomic mass is 16.5. The molecule has 0 aliphatic heterocycles.